The van der Waals surface area contributed by atoms with E-state index in [0.717, 1.165) is 22.8 Å². The maximum absolute atomic E-state index is 13.0. The molecule has 0 saturated heterocycles. The SMILES string of the molecule is CNC(CSc1cccc(F)c1)Cc1ccco1. The van der Waals surface area contributed by atoms with Gasteiger partial charge in [-0.05, 0) is 37.4 Å². The van der Waals surface area contributed by atoms with Crippen LogP contribution in [0.3, 0.4) is 0 Å². The lowest BCUT2D eigenvalue weighted by molar-refractivity contribution is 0.474. The second-order valence-electron chi connectivity index (χ2n) is 4.04. The molecular weight excluding hydrogens is 249 g/mol. The van der Waals surface area contributed by atoms with Crippen molar-refractivity contribution in [2.24, 2.45) is 0 Å². The molecular formula is C14H16FNOS. The third-order valence-electron chi connectivity index (χ3n) is 2.68. The predicted molar refractivity (Wildman–Crippen MR) is 72.4 cm³/mol. The lowest BCUT2D eigenvalue weighted by atomic mass is 10.2. The van der Waals surface area contributed by atoms with Crippen molar-refractivity contribution in [1.82, 2.24) is 5.32 Å². The monoisotopic (exact) mass is 265 g/mol. The zero-order valence-electron chi connectivity index (χ0n) is 10.2. The average Bonchev–Trinajstić information content (AvgIpc) is 2.87. The molecule has 1 atom stereocenters. The smallest absolute Gasteiger partial charge is 0.124 e. The molecule has 0 fully saturated rings. The molecule has 2 aromatic rings. The third-order valence-corrected chi connectivity index (χ3v) is 3.84. The highest BCUT2D eigenvalue weighted by Crippen LogP contribution is 2.20. The van der Waals surface area contributed by atoms with Crippen LogP contribution in [0, 0.1) is 5.82 Å². The van der Waals surface area contributed by atoms with E-state index < -0.39 is 0 Å². The van der Waals surface area contributed by atoms with Crippen molar-refractivity contribution in [3.63, 3.8) is 0 Å². The van der Waals surface area contributed by atoms with Crippen LogP contribution in [-0.2, 0) is 6.42 Å². The van der Waals surface area contributed by atoms with Crippen LogP contribution in [0.1, 0.15) is 5.76 Å². The summed E-state index contributed by atoms with van der Waals surface area (Å²) in [4.78, 5) is 0.953. The number of hydrogen-bond donors (Lipinski definition) is 1. The third kappa shape index (κ3) is 3.89. The van der Waals surface area contributed by atoms with E-state index in [-0.39, 0.29) is 5.82 Å². The number of furan rings is 1. The Morgan fingerprint density at radius 2 is 2.22 bits per heavy atom. The van der Waals surface area contributed by atoms with Crippen LogP contribution < -0.4 is 5.32 Å². The number of thioether (sulfide) groups is 1. The Kier molecular flexibility index (Phi) is 4.84. The van der Waals surface area contributed by atoms with Gasteiger partial charge in [-0.3, -0.25) is 0 Å². The van der Waals surface area contributed by atoms with E-state index in [2.05, 4.69) is 5.32 Å². The fourth-order valence-electron chi connectivity index (χ4n) is 1.67. The Balaban J connectivity index is 1.87. The van der Waals surface area contributed by atoms with Crippen LogP contribution in [0.5, 0.6) is 0 Å². The van der Waals surface area contributed by atoms with Crippen molar-refractivity contribution in [3.8, 4) is 0 Å². The van der Waals surface area contributed by atoms with Gasteiger partial charge in [-0.1, -0.05) is 6.07 Å². The summed E-state index contributed by atoms with van der Waals surface area (Å²) in [7, 11) is 1.93. The maximum atomic E-state index is 13.0. The van der Waals surface area contributed by atoms with Crippen LogP contribution in [0.4, 0.5) is 4.39 Å². The van der Waals surface area contributed by atoms with E-state index in [1.807, 2.05) is 25.2 Å². The topological polar surface area (TPSA) is 25.2 Å². The second-order valence-corrected chi connectivity index (χ2v) is 5.13. The molecule has 2 nitrogen and oxygen atoms in total. The van der Waals surface area contributed by atoms with Gasteiger partial charge >= 0.3 is 0 Å². The molecule has 0 aliphatic carbocycles. The fraction of sp³-hybridized carbons (Fsp3) is 0.286. The highest BCUT2D eigenvalue weighted by Gasteiger charge is 2.10. The van der Waals surface area contributed by atoms with Gasteiger partial charge in [-0.25, -0.2) is 4.39 Å². The van der Waals surface area contributed by atoms with Gasteiger partial charge in [0.2, 0.25) is 0 Å². The molecule has 0 amide bonds. The van der Waals surface area contributed by atoms with E-state index in [9.17, 15) is 4.39 Å². The van der Waals surface area contributed by atoms with Crippen LogP contribution in [-0.4, -0.2) is 18.8 Å². The zero-order valence-corrected chi connectivity index (χ0v) is 11.0. The summed E-state index contributed by atoms with van der Waals surface area (Å²) in [5, 5.41) is 3.25. The molecule has 1 unspecified atom stereocenters. The summed E-state index contributed by atoms with van der Waals surface area (Å²) in [5.41, 5.74) is 0. The molecule has 1 aromatic heterocycles. The number of nitrogens with one attached hydrogen (secondary N) is 1. The Bertz CT molecular complexity index is 472. The molecule has 0 spiro atoms. The predicted octanol–water partition coefficient (Wildman–Crippen LogP) is 3.34. The summed E-state index contributed by atoms with van der Waals surface area (Å²) in [6, 6.07) is 10.8. The van der Waals surface area contributed by atoms with E-state index >= 15 is 0 Å². The summed E-state index contributed by atoms with van der Waals surface area (Å²) in [6.45, 7) is 0. The Morgan fingerprint density at radius 3 is 2.89 bits per heavy atom. The van der Waals surface area contributed by atoms with Crippen LogP contribution >= 0.6 is 11.8 Å². The summed E-state index contributed by atoms with van der Waals surface area (Å²) >= 11 is 1.64. The average molecular weight is 265 g/mol. The van der Waals surface area contributed by atoms with Gasteiger partial charge in [0, 0.05) is 23.1 Å². The molecule has 0 aliphatic rings. The molecule has 1 heterocycles. The van der Waals surface area contributed by atoms with Gasteiger partial charge in [0.15, 0.2) is 0 Å². The van der Waals surface area contributed by atoms with Crippen LogP contribution in [0.15, 0.2) is 52.0 Å². The second kappa shape index (κ2) is 6.61. The van der Waals surface area contributed by atoms with Crippen molar-refractivity contribution in [1.29, 1.82) is 0 Å². The first-order valence-electron chi connectivity index (χ1n) is 5.86. The number of benzene rings is 1. The molecule has 96 valence electrons. The van der Waals surface area contributed by atoms with E-state index in [4.69, 9.17) is 4.42 Å². The summed E-state index contributed by atoms with van der Waals surface area (Å²) < 4.78 is 18.4. The van der Waals surface area contributed by atoms with E-state index in [1.165, 1.54) is 6.07 Å². The minimum atomic E-state index is -0.188. The molecule has 1 N–H and O–H groups in total. The van der Waals surface area contributed by atoms with Gasteiger partial charge in [0.25, 0.3) is 0 Å². The first-order valence-corrected chi connectivity index (χ1v) is 6.84. The minimum Gasteiger partial charge on any atom is -0.469 e. The maximum Gasteiger partial charge on any atom is 0.124 e. The highest BCUT2D eigenvalue weighted by molar-refractivity contribution is 7.99. The Labute approximate surface area is 111 Å². The first kappa shape index (κ1) is 13.2. The quantitative estimate of drug-likeness (QED) is 0.811. The number of rotatable bonds is 6. The number of hydrogen-bond acceptors (Lipinski definition) is 3. The van der Waals surface area contributed by atoms with Crippen molar-refractivity contribution in [2.75, 3.05) is 12.8 Å². The molecule has 2 rings (SSSR count). The van der Waals surface area contributed by atoms with Gasteiger partial charge in [0.05, 0.1) is 6.26 Å². The van der Waals surface area contributed by atoms with Crippen LogP contribution in [0.25, 0.3) is 0 Å². The molecule has 0 aliphatic heterocycles. The van der Waals surface area contributed by atoms with Crippen molar-refractivity contribution < 1.29 is 8.81 Å². The normalized spacial score (nSPS) is 12.6. The fourth-order valence-corrected chi connectivity index (χ4v) is 2.72. The molecule has 0 saturated carbocycles. The molecule has 4 heteroatoms. The van der Waals surface area contributed by atoms with Gasteiger partial charge < -0.3 is 9.73 Å². The standard InChI is InChI=1S/C14H16FNOS/c1-16-12(9-13-5-3-7-17-13)10-18-14-6-2-4-11(15)8-14/h2-8,12,16H,9-10H2,1H3. The molecule has 18 heavy (non-hydrogen) atoms. The largest absolute Gasteiger partial charge is 0.469 e. The van der Waals surface area contributed by atoms with E-state index in [1.54, 1.807) is 30.2 Å². The number of halogens is 1. The van der Waals surface area contributed by atoms with Gasteiger partial charge in [0.1, 0.15) is 11.6 Å². The number of likely N-dealkylation sites (N-methyl/N-ethyl adjacent to an activating group) is 1. The van der Waals surface area contributed by atoms with Crippen molar-refractivity contribution in [3.05, 3.63) is 54.2 Å². The molecule has 1 aromatic carbocycles. The zero-order chi connectivity index (χ0) is 12.8. The lowest BCUT2D eigenvalue weighted by Gasteiger charge is -2.14. The summed E-state index contributed by atoms with van der Waals surface area (Å²) in [5.74, 6) is 1.65. The van der Waals surface area contributed by atoms with Crippen LogP contribution in [0.2, 0.25) is 0 Å². The summed E-state index contributed by atoms with van der Waals surface area (Å²) in [6.07, 6.45) is 2.52. The molecule has 0 bridgehead atoms. The lowest BCUT2D eigenvalue weighted by Crippen LogP contribution is -2.29. The highest BCUT2D eigenvalue weighted by atomic mass is 32.2. The Morgan fingerprint density at radius 1 is 1.33 bits per heavy atom. The van der Waals surface area contributed by atoms with E-state index in [0.29, 0.717) is 6.04 Å². The van der Waals surface area contributed by atoms with Gasteiger partial charge in [-0.15, -0.1) is 11.8 Å². The Hall–Kier alpha value is -1.26. The minimum absolute atomic E-state index is 0.188. The van der Waals surface area contributed by atoms with Gasteiger partial charge in [-0.2, -0.15) is 0 Å². The van der Waals surface area contributed by atoms with Crippen molar-refractivity contribution >= 4 is 11.8 Å². The first-order chi connectivity index (χ1) is 8.78. The van der Waals surface area contributed by atoms with Crippen molar-refractivity contribution in [2.45, 2.75) is 17.4 Å². The molecule has 0 radical (unpaired) electrons.